The Kier molecular flexibility index (Phi) is 3.86. The minimum absolute atomic E-state index is 0.164. The Labute approximate surface area is 142 Å². The van der Waals surface area contributed by atoms with E-state index in [0.29, 0.717) is 25.3 Å². The van der Waals surface area contributed by atoms with Gasteiger partial charge in [-0.1, -0.05) is 17.3 Å². The number of halogens is 1. The minimum atomic E-state index is -0.273. The van der Waals surface area contributed by atoms with E-state index in [9.17, 15) is 9.18 Å². The number of fused-ring (bicyclic) bond motifs is 1. The van der Waals surface area contributed by atoms with Gasteiger partial charge in [-0.25, -0.2) is 9.07 Å². The number of amides is 1. The highest BCUT2D eigenvalue weighted by Gasteiger charge is 2.24. The summed E-state index contributed by atoms with van der Waals surface area (Å²) in [6, 6.07) is 8.76. The molecule has 7 heteroatoms. The lowest BCUT2D eigenvalue weighted by molar-refractivity contribution is 0.0728. The van der Waals surface area contributed by atoms with Crippen LogP contribution in [0.5, 0.6) is 0 Å². The number of aromatic nitrogens is 3. The molecule has 0 bridgehead atoms. The van der Waals surface area contributed by atoms with Crippen LogP contribution < -0.4 is 0 Å². The first-order valence-electron chi connectivity index (χ1n) is 7.68. The molecule has 3 aromatic rings. The minimum Gasteiger partial charge on any atom is -0.333 e. The van der Waals surface area contributed by atoms with Crippen LogP contribution in [0.15, 0.2) is 41.9 Å². The van der Waals surface area contributed by atoms with Gasteiger partial charge in [0.25, 0.3) is 5.91 Å². The molecule has 0 saturated heterocycles. The van der Waals surface area contributed by atoms with Crippen LogP contribution in [0.4, 0.5) is 4.39 Å². The molecule has 0 N–H and O–H groups in total. The van der Waals surface area contributed by atoms with Gasteiger partial charge in [0, 0.05) is 18.0 Å². The lowest BCUT2D eigenvalue weighted by Crippen LogP contribution is -2.36. The molecule has 0 atom stereocenters. The van der Waals surface area contributed by atoms with Crippen molar-refractivity contribution in [1.29, 1.82) is 0 Å². The number of hydrogen-bond donors (Lipinski definition) is 0. The number of carbonyl (C=O) groups is 1. The Morgan fingerprint density at radius 3 is 3.04 bits per heavy atom. The largest absolute Gasteiger partial charge is 0.333 e. The van der Waals surface area contributed by atoms with Gasteiger partial charge in [0.05, 0.1) is 12.7 Å². The summed E-state index contributed by atoms with van der Waals surface area (Å²) in [7, 11) is 0. The second kappa shape index (κ2) is 6.16. The number of hydrogen-bond acceptors (Lipinski definition) is 4. The van der Waals surface area contributed by atoms with E-state index in [1.807, 2.05) is 17.5 Å². The van der Waals surface area contributed by atoms with Crippen LogP contribution in [0.2, 0.25) is 0 Å². The molecule has 1 aliphatic heterocycles. The Balaban J connectivity index is 1.49. The summed E-state index contributed by atoms with van der Waals surface area (Å²) in [5.41, 5.74) is 2.29. The van der Waals surface area contributed by atoms with Gasteiger partial charge >= 0.3 is 0 Å². The van der Waals surface area contributed by atoms with E-state index in [4.69, 9.17) is 0 Å². The number of carbonyl (C=O) groups excluding carboxylic acids is 1. The molecule has 0 aliphatic carbocycles. The number of nitrogens with zero attached hydrogens (tertiary/aromatic N) is 4. The van der Waals surface area contributed by atoms with E-state index in [1.165, 1.54) is 12.1 Å². The van der Waals surface area contributed by atoms with Crippen LogP contribution in [0, 0.1) is 5.82 Å². The number of thiophene rings is 1. The van der Waals surface area contributed by atoms with E-state index in [2.05, 4.69) is 10.3 Å². The van der Waals surface area contributed by atoms with Crippen molar-refractivity contribution in [1.82, 2.24) is 19.9 Å². The lowest BCUT2D eigenvalue weighted by atomic mass is 9.99. The lowest BCUT2D eigenvalue weighted by Gasteiger charge is -2.28. The third kappa shape index (κ3) is 2.94. The van der Waals surface area contributed by atoms with E-state index in [-0.39, 0.29) is 11.7 Å². The normalized spacial score (nSPS) is 13.8. The Hall–Kier alpha value is -2.54. The third-order valence-electron chi connectivity index (χ3n) is 4.12. The Morgan fingerprint density at radius 1 is 1.29 bits per heavy atom. The van der Waals surface area contributed by atoms with Crippen molar-refractivity contribution in [2.75, 3.05) is 6.54 Å². The zero-order valence-electron chi connectivity index (χ0n) is 12.9. The van der Waals surface area contributed by atoms with Gasteiger partial charge in [-0.3, -0.25) is 4.79 Å². The van der Waals surface area contributed by atoms with Gasteiger partial charge in [0.15, 0.2) is 5.69 Å². The zero-order chi connectivity index (χ0) is 16.5. The average Bonchev–Trinajstić information content (AvgIpc) is 3.26. The van der Waals surface area contributed by atoms with E-state index in [0.717, 1.165) is 22.4 Å². The Morgan fingerprint density at radius 2 is 2.21 bits per heavy atom. The van der Waals surface area contributed by atoms with Crippen molar-refractivity contribution in [2.45, 2.75) is 19.5 Å². The van der Waals surface area contributed by atoms with Crippen molar-refractivity contribution in [3.63, 3.8) is 0 Å². The molecule has 0 radical (unpaired) electrons. The molecule has 24 heavy (non-hydrogen) atoms. The smallest absolute Gasteiger partial charge is 0.276 e. The third-order valence-corrected chi connectivity index (χ3v) is 4.98. The Bertz CT molecular complexity index is 875. The summed E-state index contributed by atoms with van der Waals surface area (Å²) < 4.78 is 15.1. The first-order chi connectivity index (χ1) is 11.7. The van der Waals surface area contributed by atoms with Crippen LogP contribution in [0.3, 0.4) is 0 Å². The molecule has 1 aliphatic rings. The highest BCUT2D eigenvalue weighted by Crippen LogP contribution is 2.21. The molecule has 0 unspecified atom stereocenters. The zero-order valence-corrected chi connectivity index (χ0v) is 13.7. The van der Waals surface area contributed by atoms with Crippen molar-refractivity contribution >= 4 is 17.2 Å². The van der Waals surface area contributed by atoms with Crippen molar-refractivity contribution in [2.24, 2.45) is 0 Å². The maximum Gasteiger partial charge on any atom is 0.276 e. The summed E-state index contributed by atoms with van der Waals surface area (Å²) >= 11 is 1.64. The highest BCUT2D eigenvalue weighted by atomic mass is 32.1. The molecule has 122 valence electrons. The van der Waals surface area contributed by atoms with Crippen molar-refractivity contribution < 1.29 is 9.18 Å². The highest BCUT2D eigenvalue weighted by molar-refractivity contribution is 7.09. The standard InChI is InChI=1S/C17H15FN4OS/c18-14-4-3-12-5-6-21(9-13(12)8-14)17(23)16-11-22(20-19-16)10-15-2-1-7-24-15/h1-4,7-8,11H,5-6,9-10H2. The molecule has 0 fully saturated rings. The number of benzene rings is 1. The van der Waals surface area contributed by atoms with Gasteiger partial charge < -0.3 is 4.90 Å². The topological polar surface area (TPSA) is 51.0 Å². The summed E-state index contributed by atoms with van der Waals surface area (Å²) in [5.74, 6) is -0.438. The maximum absolute atomic E-state index is 13.4. The maximum atomic E-state index is 13.4. The molecular weight excluding hydrogens is 327 g/mol. The summed E-state index contributed by atoms with van der Waals surface area (Å²) in [5, 5.41) is 10.0. The van der Waals surface area contributed by atoms with Crippen LogP contribution in [0.25, 0.3) is 0 Å². The van der Waals surface area contributed by atoms with Gasteiger partial charge in [-0.15, -0.1) is 16.4 Å². The van der Waals surface area contributed by atoms with E-state index in [1.54, 1.807) is 33.2 Å². The molecule has 1 amide bonds. The molecule has 4 rings (SSSR count). The van der Waals surface area contributed by atoms with Crippen LogP contribution >= 0.6 is 11.3 Å². The molecule has 5 nitrogen and oxygen atoms in total. The summed E-state index contributed by atoms with van der Waals surface area (Å²) in [6.07, 6.45) is 2.40. The van der Waals surface area contributed by atoms with Gasteiger partial charge in [0.2, 0.25) is 0 Å². The van der Waals surface area contributed by atoms with Crippen LogP contribution in [-0.4, -0.2) is 32.3 Å². The molecule has 0 spiro atoms. The van der Waals surface area contributed by atoms with Crippen LogP contribution in [-0.2, 0) is 19.5 Å². The van der Waals surface area contributed by atoms with Crippen molar-refractivity contribution in [3.05, 3.63) is 69.4 Å². The van der Waals surface area contributed by atoms with Crippen LogP contribution in [0.1, 0.15) is 26.5 Å². The van der Waals surface area contributed by atoms with Gasteiger partial charge in [-0.05, 0) is 41.1 Å². The molecule has 3 heterocycles. The van der Waals surface area contributed by atoms with E-state index < -0.39 is 0 Å². The monoisotopic (exact) mass is 342 g/mol. The fourth-order valence-corrected chi connectivity index (χ4v) is 3.59. The molecule has 2 aromatic heterocycles. The molecule has 0 saturated carbocycles. The fraction of sp³-hybridized carbons (Fsp3) is 0.235. The fourth-order valence-electron chi connectivity index (χ4n) is 2.90. The average molecular weight is 342 g/mol. The quantitative estimate of drug-likeness (QED) is 0.735. The predicted octanol–water partition coefficient (Wildman–Crippen LogP) is 2.73. The summed E-state index contributed by atoms with van der Waals surface area (Å²) in [6.45, 7) is 1.62. The van der Waals surface area contributed by atoms with E-state index >= 15 is 0 Å². The number of rotatable bonds is 3. The second-order valence-corrected chi connectivity index (χ2v) is 6.80. The first-order valence-corrected chi connectivity index (χ1v) is 8.56. The van der Waals surface area contributed by atoms with Crippen molar-refractivity contribution in [3.8, 4) is 0 Å². The SMILES string of the molecule is O=C(c1cn(Cc2cccs2)nn1)N1CCc2ccc(F)cc2C1. The molecular formula is C17H15FN4OS. The van der Waals surface area contributed by atoms with Gasteiger partial charge in [-0.2, -0.15) is 0 Å². The second-order valence-electron chi connectivity index (χ2n) is 5.77. The predicted molar refractivity (Wildman–Crippen MR) is 88.3 cm³/mol. The summed E-state index contributed by atoms with van der Waals surface area (Å²) in [4.78, 5) is 15.5. The first kappa shape index (κ1) is 15.0. The molecule has 1 aromatic carbocycles. The van der Waals surface area contributed by atoms with Gasteiger partial charge in [0.1, 0.15) is 5.82 Å².